The van der Waals surface area contributed by atoms with Gasteiger partial charge in [0.1, 0.15) is 6.33 Å². The molecule has 0 aliphatic rings. The van der Waals surface area contributed by atoms with Gasteiger partial charge in [-0.05, 0) is 11.1 Å². The summed E-state index contributed by atoms with van der Waals surface area (Å²) < 4.78 is 0. The van der Waals surface area contributed by atoms with E-state index >= 15 is 0 Å². The molecular formula is C19H17N3O3. The predicted molar refractivity (Wildman–Crippen MR) is 91.4 cm³/mol. The molecule has 0 fully saturated rings. The highest BCUT2D eigenvalue weighted by molar-refractivity contribution is 5.93. The second-order valence-electron chi connectivity index (χ2n) is 5.56. The van der Waals surface area contributed by atoms with E-state index in [-0.39, 0.29) is 5.56 Å². The van der Waals surface area contributed by atoms with Crippen LogP contribution in [0.1, 0.15) is 27.4 Å². The largest absolute Gasteiger partial charge is 0.348 e. The number of nitrogens with zero attached hydrogens (tertiary/aromatic N) is 2. The maximum absolute atomic E-state index is 12.3. The van der Waals surface area contributed by atoms with Gasteiger partial charge in [0.05, 0.1) is 11.5 Å². The molecule has 0 atom stereocenters. The lowest BCUT2D eigenvalue weighted by molar-refractivity contribution is -0.186. The summed E-state index contributed by atoms with van der Waals surface area (Å²) in [6, 6.07) is 18.0. The molecule has 2 aromatic carbocycles. The van der Waals surface area contributed by atoms with Gasteiger partial charge in [-0.2, -0.15) is 0 Å². The predicted octanol–water partition coefficient (Wildman–Crippen LogP) is 1.68. The van der Waals surface area contributed by atoms with E-state index in [1.807, 2.05) is 12.1 Å². The highest BCUT2D eigenvalue weighted by Crippen LogP contribution is 2.32. The van der Waals surface area contributed by atoms with E-state index in [4.69, 9.17) is 0 Å². The fraction of sp³-hybridized carbons (Fsp3) is 0.105. The van der Waals surface area contributed by atoms with Gasteiger partial charge in [-0.25, -0.2) is 9.97 Å². The van der Waals surface area contributed by atoms with Crippen molar-refractivity contribution in [3.8, 4) is 0 Å². The van der Waals surface area contributed by atoms with Crippen molar-refractivity contribution in [2.45, 2.75) is 11.8 Å². The molecule has 0 saturated carbocycles. The summed E-state index contributed by atoms with van der Waals surface area (Å²) in [4.78, 5) is 19.8. The molecule has 126 valence electrons. The fourth-order valence-corrected chi connectivity index (χ4v) is 2.68. The summed E-state index contributed by atoms with van der Waals surface area (Å²) in [6.07, 6.45) is 3.90. The Balaban J connectivity index is 1.96. The van der Waals surface area contributed by atoms with Crippen LogP contribution in [0.25, 0.3) is 0 Å². The fourth-order valence-electron chi connectivity index (χ4n) is 2.68. The van der Waals surface area contributed by atoms with Gasteiger partial charge in [-0.15, -0.1) is 0 Å². The third-order valence-electron chi connectivity index (χ3n) is 3.79. The summed E-state index contributed by atoms with van der Waals surface area (Å²) >= 11 is 0. The Labute approximate surface area is 144 Å². The molecule has 1 heterocycles. The van der Waals surface area contributed by atoms with Crippen molar-refractivity contribution in [3.63, 3.8) is 0 Å². The normalized spacial score (nSPS) is 11.3. The van der Waals surface area contributed by atoms with Crippen LogP contribution in [0.5, 0.6) is 0 Å². The topological polar surface area (TPSA) is 95.3 Å². The first-order valence-corrected chi connectivity index (χ1v) is 7.70. The van der Waals surface area contributed by atoms with E-state index in [0.29, 0.717) is 11.1 Å². The zero-order valence-electron chi connectivity index (χ0n) is 13.3. The average Bonchev–Trinajstić information content (AvgIpc) is 2.64. The minimum atomic E-state index is -2.50. The first-order valence-electron chi connectivity index (χ1n) is 7.70. The van der Waals surface area contributed by atoms with Gasteiger partial charge in [0.15, 0.2) is 0 Å². The zero-order valence-corrected chi connectivity index (χ0v) is 13.3. The minimum absolute atomic E-state index is 0.134. The Bertz CT molecular complexity index is 785. The highest BCUT2D eigenvalue weighted by atomic mass is 16.5. The number of carbonyl (C=O) groups excluding carboxylic acids is 1. The molecule has 1 aromatic heterocycles. The van der Waals surface area contributed by atoms with Crippen molar-refractivity contribution in [3.05, 3.63) is 96.1 Å². The lowest BCUT2D eigenvalue weighted by Crippen LogP contribution is -2.53. The molecule has 3 aromatic rings. The molecule has 0 radical (unpaired) electrons. The first-order chi connectivity index (χ1) is 12.1. The number of benzene rings is 2. The second-order valence-corrected chi connectivity index (χ2v) is 5.56. The number of rotatable bonds is 5. The van der Waals surface area contributed by atoms with Crippen LogP contribution in [0.4, 0.5) is 0 Å². The number of amides is 1. The van der Waals surface area contributed by atoms with Crippen molar-refractivity contribution in [2.24, 2.45) is 0 Å². The Morgan fingerprint density at radius 1 is 0.880 bits per heavy atom. The molecule has 1 amide bonds. The number of nitrogens with one attached hydrogen (secondary N) is 1. The van der Waals surface area contributed by atoms with Gasteiger partial charge in [-0.3, -0.25) is 4.79 Å². The number of hydrogen-bond donors (Lipinski definition) is 3. The molecule has 3 N–H and O–H groups in total. The van der Waals surface area contributed by atoms with Gasteiger partial charge in [-0.1, -0.05) is 60.7 Å². The lowest BCUT2D eigenvalue weighted by Gasteiger charge is -2.32. The van der Waals surface area contributed by atoms with Crippen molar-refractivity contribution in [1.82, 2.24) is 15.3 Å². The highest BCUT2D eigenvalue weighted by Gasteiger charge is 2.38. The van der Waals surface area contributed by atoms with Crippen LogP contribution in [-0.2, 0) is 0 Å². The summed E-state index contributed by atoms with van der Waals surface area (Å²) in [5, 5.41) is 23.7. The van der Waals surface area contributed by atoms with Crippen LogP contribution in [0.2, 0.25) is 0 Å². The Morgan fingerprint density at radius 2 is 1.36 bits per heavy atom. The van der Waals surface area contributed by atoms with Crippen molar-refractivity contribution >= 4 is 5.91 Å². The van der Waals surface area contributed by atoms with Gasteiger partial charge < -0.3 is 15.5 Å². The van der Waals surface area contributed by atoms with Crippen LogP contribution in [-0.4, -0.2) is 32.0 Å². The average molecular weight is 335 g/mol. The first kappa shape index (κ1) is 16.8. The van der Waals surface area contributed by atoms with Crippen LogP contribution in [0.3, 0.4) is 0 Å². The molecular weight excluding hydrogens is 318 g/mol. The van der Waals surface area contributed by atoms with Gasteiger partial charge in [0.2, 0.25) is 0 Å². The smallest absolute Gasteiger partial charge is 0.258 e. The zero-order chi connectivity index (χ0) is 17.7. The monoisotopic (exact) mass is 335 g/mol. The maximum Gasteiger partial charge on any atom is 0.258 e. The standard InChI is InChI=1S/C19H17N3O3/c23-18(16-11-20-13-21-12-16)22-19(24,25)17(14-7-3-1-4-8-14)15-9-5-2-6-10-15/h1-13,17,24-25H,(H,22,23). The number of aromatic nitrogens is 2. The van der Waals surface area contributed by atoms with Crippen molar-refractivity contribution < 1.29 is 15.0 Å². The van der Waals surface area contributed by atoms with Crippen molar-refractivity contribution in [1.29, 1.82) is 0 Å². The second kappa shape index (κ2) is 7.21. The number of aliphatic hydroxyl groups is 2. The Hall–Kier alpha value is -3.09. The summed E-state index contributed by atoms with van der Waals surface area (Å²) in [5.41, 5.74) is 1.45. The van der Waals surface area contributed by atoms with E-state index in [0.717, 1.165) is 0 Å². The molecule has 3 rings (SSSR count). The van der Waals surface area contributed by atoms with Crippen LogP contribution in [0, 0.1) is 0 Å². The van der Waals surface area contributed by atoms with Gasteiger partial charge >= 0.3 is 0 Å². The van der Waals surface area contributed by atoms with E-state index in [1.54, 1.807) is 48.5 Å². The molecule has 6 nitrogen and oxygen atoms in total. The number of hydrogen-bond acceptors (Lipinski definition) is 5. The van der Waals surface area contributed by atoms with Crippen LogP contribution >= 0.6 is 0 Å². The molecule has 0 aliphatic heterocycles. The lowest BCUT2D eigenvalue weighted by atomic mass is 9.87. The van der Waals surface area contributed by atoms with Crippen LogP contribution in [0.15, 0.2) is 79.4 Å². The molecule has 0 spiro atoms. The third-order valence-corrected chi connectivity index (χ3v) is 3.79. The number of carbonyl (C=O) groups is 1. The Morgan fingerprint density at radius 3 is 1.84 bits per heavy atom. The van der Waals surface area contributed by atoms with E-state index in [2.05, 4.69) is 15.3 Å². The third kappa shape index (κ3) is 3.88. The Kier molecular flexibility index (Phi) is 4.83. The molecule has 25 heavy (non-hydrogen) atoms. The summed E-state index contributed by atoms with van der Waals surface area (Å²) in [7, 11) is 0. The van der Waals surface area contributed by atoms with Gasteiger partial charge in [0.25, 0.3) is 11.8 Å². The SMILES string of the molecule is O=C(NC(O)(O)C(c1ccccc1)c1ccccc1)c1cncnc1. The molecule has 6 heteroatoms. The molecule has 0 bridgehead atoms. The molecule has 0 saturated heterocycles. The molecule has 0 aliphatic carbocycles. The quantitative estimate of drug-likeness (QED) is 0.617. The van der Waals surface area contributed by atoms with E-state index in [1.165, 1.54) is 18.7 Å². The summed E-state index contributed by atoms with van der Waals surface area (Å²) in [5.74, 6) is -4.05. The van der Waals surface area contributed by atoms with E-state index in [9.17, 15) is 15.0 Å². The van der Waals surface area contributed by atoms with Crippen molar-refractivity contribution in [2.75, 3.05) is 0 Å². The van der Waals surface area contributed by atoms with E-state index < -0.39 is 17.7 Å². The minimum Gasteiger partial charge on any atom is -0.348 e. The van der Waals surface area contributed by atoms with Crippen LogP contribution < -0.4 is 5.32 Å². The maximum atomic E-state index is 12.3. The summed E-state index contributed by atoms with van der Waals surface area (Å²) in [6.45, 7) is 0. The molecule has 0 unspecified atom stereocenters. The van der Waals surface area contributed by atoms with Gasteiger partial charge in [0, 0.05) is 12.4 Å².